The van der Waals surface area contributed by atoms with Crippen LogP contribution in [0.4, 0.5) is 0 Å². The predicted molar refractivity (Wildman–Crippen MR) is 78.1 cm³/mol. The fraction of sp³-hybridized carbons (Fsp3) is 0.462. The number of carbonyl (C=O) groups is 1. The van der Waals surface area contributed by atoms with Crippen LogP contribution in [-0.2, 0) is 10.0 Å². The second-order valence-electron chi connectivity index (χ2n) is 4.54. The van der Waals surface area contributed by atoms with Gasteiger partial charge >= 0.3 is 0 Å². The molecule has 0 saturated heterocycles. The number of hydrogen-bond donors (Lipinski definition) is 2. The van der Waals surface area contributed by atoms with Gasteiger partial charge < -0.3 is 14.8 Å². The maximum atomic E-state index is 12.1. The number of carbonyl (C=O) groups excluding carboxylic acids is 1. The number of primary sulfonamides is 1. The first-order valence-corrected chi connectivity index (χ1v) is 7.88. The normalized spacial score (nSPS) is 12.6. The smallest absolute Gasteiger partial charge is 0.251 e. The lowest BCUT2D eigenvalue weighted by molar-refractivity contribution is 0.0938. The topological polar surface area (TPSA) is 108 Å². The van der Waals surface area contributed by atoms with Gasteiger partial charge in [-0.15, -0.1) is 0 Å². The first-order valence-electron chi connectivity index (χ1n) is 6.34. The van der Waals surface area contributed by atoms with Crippen molar-refractivity contribution >= 4 is 15.9 Å². The van der Waals surface area contributed by atoms with Gasteiger partial charge in [-0.25, -0.2) is 13.6 Å². The highest BCUT2D eigenvalue weighted by atomic mass is 32.2. The van der Waals surface area contributed by atoms with Crippen molar-refractivity contribution in [3.8, 4) is 11.5 Å². The second-order valence-corrected chi connectivity index (χ2v) is 6.07. The van der Waals surface area contributed by atoms with E-state index in [9.17, 15) is 13.2 Å². The van der Waals surface area contributed by atoms with Gasteiger partial charge in [-0.1, -0.05) is 6.92 Å². The number of sulfonamides is 1. The predicted octanol–water partition coefficient (Wildman–Crippen LogP) is 0.880. The quantitative estimate of drug-likeness (QED) is 0.810. The molecule has 21 heavy (non-hydrogen) atoms. The van der Waals surface area contributed by atoms with Crippen molar-refractivity contribution in [2.75, 3.05) is 14.2 Å². The van der Waals surface area contributed by atoms with Gasteiger partial charge in [-0.05, 0) is 25.5 Å². The molecule has 8 heteroatoms. The van der Waals surface area contributed by atoms with Gasteiger partial charge in [0.15, 0.2) is 11.5 Å². The molecule has 3 N–H and O–H groups in total. The summed E-state index contributed by atoms with van der Waals surface area (Å²) in [6, 6.07) is 2.54. The maximum absolute atomic E-state index is 12.1. The van der Waals surface area contributed by atoms with E-state index in [1.807, 2.05) is 13.8 Å². The van der Waals surface area contributed by atoms with Crippen molar-refractivity contribution in [2.24, 2.45) is 5.14 Å². The first-order chi connectivity index (χ1) is 9.74. The third kappa shape index (κ3) is 4.08. The molecule has 7 nitrogen and oxygen atoms in total. The van der Waals surface area contributed by atoms with Gasteiger partial charge in [-0.2, -0.15) is 0 Å². The third-order valence-electron chi connectivity index (χ3n) is 3.00. The molecule has 1 rings (SSSR count). The van der Waals surface area contributed by atoms with E-state index >= 15 is 0 Å². The molecule has 0 aliphatic carbocycles. The molecule has 0 aromatic heterocycles. The van der Waals surface area contributed by atoms with Gasteiger partial charge in [0, 0.05) is 11.6 Å². The molecule has 0 spiro atoms. The minimum absolute atomic E-state index is 0.0277. The van der Waals surface area contributed by atoms with E-state index in [4.69, 9.17) is 14.6 Å². The number of amides is 1. The fourth-order valence-electron chi connectivity index (χ4n) is 1.68. The Bertz CT molecular complexity index is 628. The zero-order valence-electron chi connectivity index (χ0n) is 12.5. The Labute approximate surface area is 124 Å². The molecule has 1 aromatic carbocycles. The summed E-state index contributed by atoms with van der Waals surface area (Å²) in [6.07, 6.45) is 0.751. The van der Waals surface area contributed by atoms with Crippen molar-refractivity contribution in [3.63, 3.8) is 0 Å². The Balaban J connectivity index is 3.40. The minimum Gasteiger partial charge on any atom is -0.493 e. The maximum Gasteiger partial charge on any atom is 0.251 e. The summed E-state index contributed by atoms with van der Waals surface area (Å²) >= 11 is 0. The lowest BCUT2D eigenvalue weighted by atomic mass is 10.1. The van der Waals surface area contributed by atoms with Crippen LogP contribution in [-0.4, -0.2) is 34.6 Å². The van der Waals surface area contributed by atoms with E-state index in [0.29, 0.717) is 0 Å². The third-order valence-corrected chi connectivity index (χ3v) is 3.92. The van der Waals surface area contributed by atoms with Crippen LogP contribution in [0.3, 0.4) is 0 Å². The summed E-state index contributed by atoms with van der Waals surface area (Å²) in [6.45, 7) is 3.77. The average molecular weight is 316 g/mol. The molecular formula is C13H20N2O5S. The van der Waals surface area contributed by atoms with E-state index in [1.165, 1.54) is 26.4 Å². The molecule has 0 aliphatic rings. The Hall–Kier alpha value is -1.80. The van der Waals surface area contributed by atoms with Crippen LogP contribution in [0.5, 0.6) is 11.5 Å². The second kappa shape index (κ2) is 6.77. The molecule has 0 radical (unpaired) electrons. The highest BCUT2D eigenvalue weighted by Gasteiger charge is 2.23. The molecule has 0 saturated carbocycles. The molecule has 1 atom stereocenters. The molecule has 0 fully saturated rings. The minimum atomic E-state index is -4.05. The van der Waals surface area contributed by atoms with E-state index < -0.39 is 15.9 Å². The standard InChI is InChI=1S/C13H20N2O5S/c1-5-8(2)15-13(16)9-6-10(19-3)12(20-4)11(7-9)21(14,17)18/h6-8H,5H2,1-4H3,(H,15,16)(H2,14,17,18). The highest BCUT2D eigenvalue weighted by molar-refractivity contribution is 7.89. The van der Waals surface area contributed by atoms with Crippen molar-refractivity contribution in [2.45, 2.75) is 31.2 Å². The largest absolute Gasteiger partial charge is 0.493 e. The molecule has 1 aromatic rings. The van der Waals surface area contributed by atoms with Crippen LogP contribution in [0.2, 0.25) is 0 Å². The molecule has 0 heterocycles. The van der Waals surface area contributed by atoms with Gasteiger partial charge in [-0.3, -0.25) is 4.79 Å². The van der Waals surface area contributed by atoms with E-state index in [1.54, 1.807) is 0 Å². The van der Waals surface area contributed by atoms with Gasteiger partial charge in [0.1, 0.15) is 4.90 Å². The monoisotopic (exact) mass is 316 g/mol. The number of nitrogens with two attached hydrogens (primary N) is 1. The van der Waals surface area contributed by atoms with Gasteiger partial charge in [0.2, 0.25) is 10.0 Å². The number of methoxy groups -OCH3 is 2. The Morgan fingerprint density at radius 3 is 2.38 bits per heavy atom. The van der Waals surface area contributed by atoms with Crippen molar-refractivity contribution in [3.05, 3.63) is 17.7 Å². The number of nitrogens with one attached hydrogen (secondary N) is 1. The summed E-state index contributed by atoms with van der Waals surface area (Å²) < 4.78 is 33.4. The van der Waals surface area contributed by atoms with Crippen LogP contribution in [0.1, 0.15) is 30.6 Å². The Morgan fingerprint density at radius 1 is 1.33 bits per heavy atom. The van der Waals surface area contributed by atoms with E-state index in [2.05, 4.69) is 5.32 Å². The zero-order valence-corrected chi connectivity index (χ0v) is 13.3. The summed E-state index contributed by atoms with van der Waals surface area (Å²) in [4.78, 5) is 11.8. The van der Waals surface area contributed by atoms with Crippen LogP contribution >= 0.6 is 0 Å². The van der Waals surface area contributed by atoms with Crippen LogP contribution in [0.25, 0.3) is 0 Å². The summed E-state index contributed by atoms with van der Waals surface area (Å²) in [7, 11) is -1.41. The number of rotatable bonds is 6. The number of ether oxygens (including phenoxy) is 2. The molecule has 1 amide bonds. The average Bonchev–Trinajstić information content (AvgIpc) is 2.44. The molecule has 1 unspecified atom stereocenters. The van der Waals surface area contributed by atoms with Gasteiger partial charge in [0.25, 0.3) is 5.91 Å². The molecule has 0 bridgehead atoms. The highest BCUT2D eigenvalue weighted by Crippen LogP contribution is 2.35. The van der Waals surface area contributed by atoms with Crippen LogP contribution < -0.4 is 19.9 Å². The molecule has 118 valence electrons. The first kappa shape index (κ1) is 17.3. The lowest BCUT2D eigenvalue weighted by Crippen LogP contribution is -2.32. The summed E-state index contributed by atoms with van der Waals surface area (Å²) in [5.41, 5.74) is 0.136. The Morgan fingerprint density at radius 2 is 1.95 bits per heavy atom. The summed E-state index contributed by atoms with van der Waals surface area (Å²) in [5.74, 6) is -0.311. The SMILES string of the molecule is CCC(C)NC(=O)c1cc(OC)c(OC)c(S(N)(=O)=O)c1. The van der Waals surface area contributed by atoms with E-state index in [-0.39, 0.29) is 28.0 Å². The zero-order chi connectivity index (χ0) is 16.2. The number of benzene rings is 1. The van der Waals surface area contributed by atoms with Crippen molar-refractivity contribution in [1.82, 2.24) is 5.32 Å². The molecular weight excluding hydrogens is 296 g/mol. The number of hydrogen-bond acceptors (Lipinski definition) is 5. The van der Waals surface area contributed by atoms with Crippen LogP contribution in [0.15, 0.2) is 17.0 Å². The fourth-order valence-corrected chi connectivity index (χ4v) is 2.41. The Kier molecular flexibility index (Phi) is 5.56. The molecule has 0 aliphatic heterocycles. The van der Waals surface area contributed by atoms with E-state index in [0.717, 1.165) is 6.42 Å². The van der Waals surface area contributed by atoms with Crippen molar-refractivity contribution in [1.29, 1.82) is 0 Å². The summed E-state index contributed by atoms with van der Waals surface area (Å²) in [5, 5.41) is 7.90. The van der Waals surface area contributed by atoms with Gasteiger partial charge in [0.05, 0.1) is 14.2 Å². The lowest BCUT2D eigenvalue weighted by Gasteiger charge is -2.15. The van der Waals surface area contributed by atoms with Crippen molar-refractivity contribution < 1.29 is 22.7 Å². The van der Waals surface area contributed by atoms with Crippen LogP contribution in [0, 0.1) is 0 Å².